The highest BCUT2D eigenvalue weighted by molar-refractivity contribution is 5.94. The summed E-state index contributed by atoms with van der Waals surface area (Å²) in [7, 11) is 0. The second kappa shape index (κ2) is 7.67. The summed E-state index contributed by atoms with van der Waals surface area (Å²) >= 11 is 0. The summed E-state index contributed by atoms with van der Waals surface area (Å²) < 4.78 is 0. The molecule has 1 aromatic rings. The number of aryl methyl sites for hydroxylation is 2. The number of anilines is 1. The molecule has 2 rings (SSSR count). The van der Waals surface area contributed by atoms with Gasteiger partial charge in [-0.1, -0.05) is 19.4 Å². The average Bonchev–Trinajstić information content (AvgIpc) is 2.93. The van der Waals surface area contributed by atoms with E-state index >= 15 is 0 Å². The molecule has 3 N–H and O–H groups in total. The van der Waals surface area contributed by atoms with Crippen molar-refractivity contribution in [1.82, 2.24) is 10.6 Å². The molecule has 114 valence electrons. The average molecular weight is 289 g/mol. The number of amides is 3. The Kier molecular flexibility index (Phi) is 5.60. The molecule has 0 spiro atoms. The number of urea groups is 1. The Balaban J connectivity index is 1.73. The third-order valence-electron chi connectivity index (χ3n) is 3.61. The van der Waals surface area contributed by atoms with Crippen LogP contribution in [-0.4, -0.2) is 25.0 Å². The first-order valence-electron chi connectivity index (χ1n) is 7.62. The van der Waals surface area contributed by atoms with E-state index in [9.17, 15) is 9.59 Å². The van der Waals surface area contributed by atoms with E-state index in [0.29, 0.717) is 6.54 Å². The first-order valence-corrected chi connectivity index (χ1v) is 7.62. The van der Waals surface area contributed by atoms with Gasteiger partial charge in [0.05, 0.1) is 6.54 Å². The van der Waals surface area contributed by atoms with Gasteiger partial charge in [0.2, 0.25) is 5.91 Å². The number of nitrogens with one attached hydrogen (secondary N) is 3. The number of carbonyl (C=O) groups is 2. The fourth-order valence-corrected chi connectivity index (χ4v) is 2.46. The van der Waals surface area contributed by atoms with Gasteiger partial charge in [-0.2, -0.15) is 0 Å². The molecule has 0 atom stereocenters. The van der Waals surface area contributed by atoms with Crippen LogP contribution >= 0.6 is 0 Å². The molecular weight excluding hydrogens is 266 g/mol. The summed E-state index contributed by atoms with van der Waals surface area (Å²) in [5.41, 5.74) is 3.49. The molecule has 1 aliphatic carbocycles. The summed E-state index contributed by atoms with van der Waals surface area (Å²) in [4.78, 5) is 23.2. The third kappa shape index (κ3) is 4.77. The van der Waals surface area contributed by atoms with Crippen molar-refractivity contribution in [1.29, 1.82) is 0 Å². The smallest absolute Gasteiger partial charge is 0.315 e. The predicted octanol–water partition coefficient (Wildman–Crippen LogP) is 2.21. The number of unbranched alkanes of at least 4 members (excludes halogenated alkanes) is 1. The lowest BCUT2D eigenvalue weighted by atomic mass is 10.1. The van der Waals surface area contributed by atoms with Gasteiger partial charge >= 0.3 is 6.03 Å². The fourth-order valence-electron chi connectivity index (χ4n) is 2.46. The highest BCUT2D eigenvalue weighted by Gasteiger charge is 2.12. The molecule has 0 bridgehead atoms. The van der Waals surface area contributed by atoms with Crippen LogP contribution in [0.2, 0.25) is 0 Å². The molecule has 0 unspecified atom stereocenters. The van der Waals surface area contributed by atoms with Gasteiger partial charge in [-0.05, 0) is 48.9 Å². The van der Waals surface area contributed by atoms with Crippen LogP contribution < -0.4 is 16.0 Å². The molecule has 3 amide bonds. The standard InChI is InChI=1S/C16H23N3O2/c1-2-3-9-17-16(21)18-11-15(20)19-14-8-7-12-5-4-6-13(12)10-14/h7-8,10H,2-6,9,11H2,1H3,(H,19,20)(H2,17,18,21). The van der Waals surface area contributed by atoms with Crippen molar-refractivity contribution in [2.45, 2.75) is 39.0 Å². The Hall–Kier alpha value is -2.04. The first kappa shape index (κ1) is 15.4. The maximum atomic E-state index is 11.8. The summed E-state index contributed by atoms with van der Waals surface area (Å²) in [6.45, 7) is 2.67. The van der Waals surface area contributed by atoms with Crippen molar-refractivity contribution >= 4 is 17.6 Å². The molecular formula is C16H23N3O2. The van der Waals surface area contributed by atoms with Crippen LogP contribution in [-0.2, 0) is 17.6 Å². The van der Waals surface area contributed by atoms with Crippen molar-refractivity contribution in [2.75, 3.05) is 18.4 Å². The van der Waals surface area contributed by atoms with Gasteiger partial charge < -0.3 is 16.0 Å². The normalized spacial score (nSPS) is 12.6. The Morgan fingerprint density at radius 1 is 1.14 bits per heavy atom. The molecule has 0 aliphatic heterocycles. The molecule has 0 aromatic heterocycles. The van der Waals surface area contributed by atoms with Crippen LogP contribution in [0.4, 0.5) is 10.5 Å². The minimum atomic E-state index is -0.299. The topological polar surface area (TPSA) is 70.2 Å². The van der Waals surface area contributed by atoms with E-state index in [1.165, 1.54) is 17.5 Å². The summed E-state index contributed by atoms with van der Waals surface area (Å²) in [6, 6.07) is 5.72. The largest absolute Gasteiger partial charge is 0.338 e. The summed E-state index contributed by atoms with van der Waals surface area (Å²) in [5.74, 6) is -0.210. The van der Waals surface area contributed by atoms with Crippen LogP contribution in [0.1, 0.15) is 37.3 Å². The lowest BCUT2D eigenvalue weighted by Crippen LogP contribution is -2.40. The molecule has 5 heteroatoms. The van der Waals surface area contributed by atoms with Gasteiger partial charge in [-0.3, -0.25) is 4.79 Å². The highest BCUT2D eigenvalue weighted by atomic mass is 16.2. The maximum Gasteiger partial charge on any atom is 0.315 e. The Morgan fingerprint density at radius 2 is 1.95 bits per heavy atom. The molecule has 0 radical (unpaired) electrons. The SMILES string of the molecule is CCCCNC(=O)NCC(=O)Nc1ccc2c(c1)CCC2. The van der Waals surface area contributed by atoms with Crippen molar-refractivity contribution in [3.05, 3.63) is 29.3 Å². The molecule has 0 fully saturated rings. The molecule has 1 aromatic carbocycles. The number of fused-ring (bicyclic) bond motifs is 1. The Bertz CT molecular complexity index is 514. The Labute approximate surface area is 125 Å². The molecule has 21 heavy (non-hydrogen) atoms. The molecule has 5 nitrogen and oxygen atoms in total. The zero-order valence-electron chi connectivity index (χ0n) is 12.5. The number of benzene rings is 1. The van der Waals surface area contributed by atoms with Crippen LogP contribution in [0.15, 0.2) is 18.2 Å². The molecule has 0 saturated carbocycles. The van der Waals surface area contributed by atoms with E-state index in [1.807, 2.05) is 12.1 Å². The minimum Gasteiger partial charge on any atom is -0.338 e. The second-order valence-corrected chi connectivity index (χ2v) is 5.35. The van der Waals surface area contributed by atoms with Gasteiger partial charge in [-0.15, -0.1) is 0 Å². The van der Waals surface area contributed by atoms with Gasteiger partial charge in [0.25, 0.3) is 0 Å². The van der Waals surface area contributed by atoms with Crippen molar-refractivity contribution in [3.8, 4) is 0 Å². The number of carbonyl (C=O) groups excluding carboxylic acids is 2. The summed E-state index contributed by atoms with van der Waals surface area (Å²) in [6.07, 6.45) is 5.36. The predicted molar refractivity (Wildman–Crippen MR) is 83.4 cm³/mol. The highest BCUT2D eigenvalue weighted by Crippen LogP contribution is 2.24. The van der Waals surface area contributed by atoms with Crippen molar-refractivity contribution in [3.63, 3.8) is 0 Å². The lowest BCUT2D eigenvalue weighted by molar-refractivity contribution is -0.115. The van der Waals surface area contributed by atoms with E-state index in [2.05, 4.69) is 28.9 Å². The first-order chi connectivity index (χ1) is 10.2. The minimum absolute atomic E-state index is 0.0188. The van der Waals surface area contributed by atoms with Gasteiger partial charge in [0.1, 0.15) is 0 Å². The van der Waals surface area contributed by atoms with E-state index in [0.717, 1.165) is 31.4 Å². The van der Waals surface area contributed by atoms with Crippen LogP contribution in [0.3, 0.4) is 0 Å². The Morgan fingerprint density at radius 3 is 2.76 bits per heavy atom. The number of rotatable bonds is 6. The van der Waals surface area contributed by atoms with E-state index in [1.54, 1.807) is 0 Å². The fraction of sp³-hybridized carbons (Fsp3) is 0.500. The third-order valence-corrected chi connectivity index (χ3v) is 3.61. The van der Waals surface area contributed by atoms with Gasteiger partial charge in [0.15, 0.2) is 0 Å². The van der Waals surface area contributed by atoms with Crippen molar-refractivity contribution < 1.29 is 9.59 Å². The van der Waals surface area contributed by atoms with Crippen molar-refractivity contribution in [2.24, 2.45) is 0 Å². The van der Waals surface area contributed by atoms with Gasteiger partial charge in [0, 0.05) is 12.2 Å². The zero-order valence-corrected chi connectivity index (χ0v) is 12.5. The van der Waals surface area contributed by atoms with E-state index < -0.39 is 0 Å². The second-order valence-electron chi connectivity index (χ2n) is 5.35. The number of hydrogen-bond acceptors (Lipinski definition) is 2. The number of hydrogen-bond donors (Lipinski definition) is 3. The van der Waals surface area contributed by atoms with Gasteiger partial charge in [-0.25, -0.2) is 4.79 Å². The maximum absolute atomic E-state index is 11.8. The quantitative estimate of drug-likeness (QED) is 0.703. The monoisotopic (exact) mass is 289 g/mol. The zero-order chi connectivity index (χ0) is 15.1. The molecule has 0 heterocycles. The molecule has 0 saturated heterocycles. The van der Waals surface area contributed by atoms with Crippen LogP contribution in [0.25, 0.3) is 0 Å². The lowest BCUT2D eigenvalue weighted by Gasteiger charge is -2.09. The van der Waals surface area contributed by atoms with Crippen LogP contribution in [0.5, 0.6) is 0 Å². The van der Waals surface area contributed by atoms with E-state index in [-0.39, 0.29) is 18.5 Å². The summed E-state index contributed by atoms with van der Waals surface area (Å²) in [5, 5.41) is 8.07. The van der Waals surface area contributed by atoms with E-state index in [4.69, 9.17) is 0 Å². The molecule has 1 aliphatic rings. The van der Waals surface area contributed by atoms with Crippen LogP contribution in [0, 0.1) is 0 Å².